The highest BCUT2D eigenvalue weighted by Gasteiger charge is 2.32. The average molecular weight is 315 g/mol. The van der Waals surface area contributed by atoms with E-state index >= 15 is 0 Å². The third-order valence-corrected chi connectivity index (χ3v) is 4.74. The summed E-state index contributed by atoms with van der Waals surface area (Å²) in [6, 6.07) is 2.33. The molecule has 0 spiro atoms. The zero-order chi connectivity index (χ0) is 16.7. The minimum atomic E-state index is -0.0485. The SMILES string of the molecule is Cc1nc2c(cc1C(=O)NCC(C1CC1)N(C)C)c(C)nn2C. The molecule has 124 valence electrons. The topological polar surface area (TPSA) is 63.1 Å². The minimum Gasteiger partial charge on any atom is -0.350 e. The molecular weight excluding hydrogens is 290 g/mol. The van der Waals surface area contributed by atoms with E-state index in [9.17, 15) is 4.79 Å². The summed E-state index contributed by atoms with van der Waals surface area (Å²) in [6.07, 6.45) is 2.53. The lowest BCUT2D eigenvalue weighted by atomic mass is 10.1. The van der Waals surface area contributed by atoms with Crippen LogP contribution >= 0.6 is 0 Å². The van der Waals surface area contributed by atoms with E-state index in [4.69, 9.17) is 0 Å². The van der Waals surface area contributed by atoms with Crippen LogP contribution in [0.4, 0.5) is 0 Å². The molecule has 2 heterocycles. The molecule has 0 aromatic carbocycles. The van der Waals surface area contributed by atoms with Crippen molar-refractivity contribution in [3.05, 3.63) is 23.0 Å². The molecule has 1 atom stereocenters. The van der Waals surface area contributed by atoms with Gasteiger partial charge in [0, 0.05) is 25.0 Å². The van der Waals surface area contributed by atoms with Crippen molar-refractivity contribution < 1.29 is 4.79 Å². The van der Waals surface area contributed by atoms with Gasteiger partial charge in [0.25, 0.3) is 5.91 Å². The molecule has 1 N–H and O–H groups in total. The molecule has 2 aromatic rings. The van der Waals surface area contributed by atoms with Gasteiger partial charge in [-0.2, -0.15) is 5.10 Å². The van der Waals surface area contributed by atoms with Gasteiger partial charge in [0.15, 0.2) is 5.65 Å². The van der Waals surface area contributed by atoms with Crippen LogP contribution in [0.5, 0.6) is 0 Å². The molecule has 0 aliphatic heterocycles. The van der Waals surface area contributed by atoms with E-state index in [2.05, 4.69) is 34.4 Å². The van der Waals surface area contributed by atoms with Crippen molar-refractivity contribution in [1.29, 1.82) is 0 Å². The van der Waals surface area contributed by atoms with E-state index in [-0.39, 0.29) is 5.91 Å². The maximum absolute atomic E-state index is 12.6. The number of carbonyl (C=O) groups is 1. The Balaban J connectivity index is 1.80. The summed E-state index contributed by atoms with van der Waals surface area (Å²) < 4.78 is 1.76. The minimum absolute atomic E-state index is 0.0485. The fourth-order valence-electron chi connectivity index (χ4n) is 3.21. The van der Waals surface area contributed by atoms with Gasteiger partial charge in [0.1, 0.15) is 0 Å². The van der Waals surface area contributed by atoms with Crippen LogP contribution in [0.25, 0.3) is 11.0 Å². The molecule has 23 heavy (non-hydrogen) atoms. The second kappa shape index (κ2) is 5.92. The Labute approximate surface area is 136 Å². The summed E-state index contributed by atoms with van der Waals surface area (Å²) in [5, 5.41) is 8.40. The Morgan fingerprint density at radius 1 is 1.39 bits per heavy atom. The van der Waals surface area contributed by atoms with Crippen LogP contribution in [0.2, 0.25) is 0 Å². The average Bonchev–Trinajstić information content (AvgIpc) is 3.26. The molecule has 1 aliphatic rings. The summed E-state index contributed by atoms with van der Waals surface area (Å²) >= 11 is 0. The van der Waals surface area contributed by atoms with Crippen LogP contribution in [0, 0.1) is 19.8 Å². The lowest BCUT2D eigenvalue weighted by molar-refractivity contribution is 0.0938. The van der Waals surface area contributed by atoms with Gasteiger partial charge >= 0.3 is 0 Å². The molecule has 3 rings (SSSR count). The number of rotatable bonds is 5. The summed E-state index contributed by atoms with van der Waals surface area (Å²) in [5.41, 5.74) is 3.10. The number of aryl methyl sites for hydroxylation is 3. The van der Waals surface area contributed by atoms with E-state index in [1.807, 2.05) is 27.0 Å². The highest BCUT2D eigenvalue weighted by atomic mass is 16.1. The number of nitrogens with zero attached hydrogens (tertiary/aromatic N) is 4. The van der Waals surface area contributed by atoms with Gasteiger partial charge in [-0.1, -0.05) is 0 Å². The highest BCUT2D eigenvalue weighted by Crippen LogP contribution is 2.34. The Bertz CT molecular complexity index is 743. The molecule has 6 heteroatoms. The number of aromatic nitrogens is 3. The molecule has 1 unspecified atom stereocenters. The second-order valence-electron chi connectivity index (χ2n) is 6.78. The molecule has 1 aliphatic carbocycles. The predicted octanol–water partition coefficient (Wildman–Crippen LogP) is 1.66. The molecule has 1 amide bonds. The van der Waals surface area contributed by atoms with Crippen LogP contribution in [0.3, 0.4) is 0 Å². The Kier molecular flexibility index (Phi) is 4.10. The summed E-state index contributed by atoms with van der Waals surface area (Å²) in [5.74, 6) is 0.667. The molecule has 2 aromatic heterocycles. The van der Waals surface area contributed by atoms with Crippen LogP contribution in [-0.4, -0.2) is 52.3 Å². The monoisotopic (exact) mass is 315 g/mol. The molecule has 1 saturated carbocycles. The quantitative estimate of drug-likeness (QED) is 0.911. The first kappa shape index (κ1) is 15.9. The summed E-state index contributed by atoms with van der Waals surface area (Å²) in [7, 11) is 6.03. The van der Waals surface area contributed by atoms with Crippen molar-refractivity contribution >= 4 is 16.9 Å². The molecule has 0 radical (unpaired) electrons. The standard InChI is InChI=1S/C17H25N5O/c1-10-14(8-13-11(2)20-22(5)16(13)19-10)17(23)18-9-15(21(3)4)12-6-7-12/h8,12,15H,6-7,9H2,1-5H3,(H,18,23). The lowest BCUT2D eigenvalue weighted by Gasteiger charge is -2.24. The van der Waals surface area contributed by atoms with Crippen molar-refractivity contribution in [3.63, 3.8) is 0 Å². The summed E-state index contributed by atoms with van der Waals surface area (Å²) in [4.78, 5) is 19.4. The zero-order valence-electron chi connectivity index (χ0n) is 14.6. The van der Waals surface area contributed by atoms with Gasteiger partial charge in [0.2, 0.25) is 0 Å². The zero-order valence-corrected chi connectivity index (χ0v) is 14.6. The van der Waals surface area contributed by atoms with E-state index in [0.29, 0.717) is 24.1 Å². The number of fused-ring (bicyclic) bond motifs is 1. The normalized spacial score (nSPS) is 16.1. The number of likely N-dealkylation sites (N-methyl/N-ethyl adjacent to an activating group) is 1. The smallest absolute Gasteiger partial charge is 0.253 e. The van der Waals surface area contributed by atoms with Gasteiger partial charge < -0.3 is 10.2 Å². The van der Waals surface area contributed by atoms with Crippen LogP contribution in [-0.2, 0) is 7.05 Å². The van der Waals surface area contributed by atoms with Gasteiger partial charge in [-0.25, -0.2) is 4.98 Å². The van der Waals surface area contributed by atoms with Crippen molar-refractivity contribution in [1.82, 2.24) is 25.0 Å². The highest BCUT2D eigenvalue weighted by molar-refractivity contribution is 5.98. The third-order valence-electron chi connectivity index (χ3n) is 4.74. The predicted molar refractivity (Wildman–Crippen MR) is 90.5 cm³/mol. The Hall–Kier alpha value is -1.95. The molecule has 6 nitrogen and oxygen atoms in total. The fourth-order valence-corrected chi connectivity index (χ4v) is 3.21. The first-order chi connectivity index (χ1) is 10.9. The molecule has 0 bridgehead atoms. The van der Waals surface area contributed by atoms with Crippen molar-refractivity contribution in [2.45, 2.75) is 32.7 Å². The lowest BCUT2D eigenvalue weighted by Crippen LogP contribution is -2.41. The van der Waals surface area contributed by atoms with Gasteiger partial charge in [-0.3, -0.25) is 9.48 Å². The van der Waals surface area contributed by atoms with Crippen molar-refractivity contribution in [3.8, 4) is 0 Å². The van der Waals surface area contributed by atoms with Crippen LogP contribution < -0.4 is 5.32 Å². The van der Waals surface area contributed by atoms with E-state index in [1.54, 1.807) is 4.68 Å². The van der Waals surface area contributed by atoms with Crippen LogP contribution in [0.15, 0.2) is 6.07 Å². The Morgan fingerprint density at radius 3 is 2.70 bits per heavy atom. The number of carbonyl (C=O) groups excluding carboxylic acids is 1. The van der Waals surface area contributed by atoms with Gasteiger partial charge in [0.05, 0.1) is 17.0 Å². The van der Waals surface area contributed by atoms with Crippen molar-refractivity contribution in [2.75, 3.05) is 20.6 Å². The van der Waals surface area contributed by atoms with Crippen LogP contribution in [0.1, 0.15) is 34.6 Å². The molecule has 1 fully saturated rings. The summed E-state index contributed by atoms with van der Waals surface area (Å²) in [6.45, 7) is 4.50. The number of pyridine rings is 1. The van der Waals surface area contributed by atoms with E-state index < -0.39 is 0 Å². The van der Waals surface area contributed by atoms with Crippen molar-refractivity contribution in [2.24, 2.45) is 13.0 Å². The van der Waals surface area contributed by atoms with Gasteiger partial charge in [-0.05, 0) is 52.8 Å². The van der Waals surface area contributed by atoms with Gasteiger partial charge in [-0.15, -0.1) is 0 Å². The molecule has 0 saturated heterocycles. The van der Waals surface area contributed by atoms with E-state index in [1.165, 1.54) is 12.8 Å². The Morgan fingerprint density at radius 2 is 2.09 bits per heavy atom. The largest absolute Gasteiger partial charge is 0.350 e. The fraction of sp³-hybridized carbons (Fsp3) is 0.588. The maximum atomic E-state index is 12.6. The maximum Gasteiger partial charge on any atom is 0.253 e. The number of hydrogen-bond donors (Lipinski definition) is 1. The first-order valence-electron chi connectivity index (χ1n) is 8.14. The van der Waals surface area contributed by atoms with E-state index in [0.717, 1.165) is 22.4 Å². The number of hydrogen-bond acceptors (Lipinski definition) is 4. The molecular formula is C17H25N5O. The third kappa shape index (κ3) is 3.08. The first-order valence-corrected chi connectivity index (χ1v) is 8.14. The second-order valence-corrected chi connectivity index (χ2v) is 6.78. The number of amides is 1. The number of nitrogens with one attached hydrogen (secondary N) is 1.